The van der Waals surface area contributed by atoms with Gasteiger partial charge in [-0.25, -0.2) is 9.97 Å². The van der Waals surface area contributed by atoms with Gasteiger partial charge < -0.3 is 9.80 Å². The van der Waals surface area contributed by atoms with E-state index < -0.39 is 0 Å². The van der Waals surface area contributed by atoms with Gasteiger partial charge in [0.05, 0.1) is 18.6 Å². The lowest BCUT2D eigenvalue weighted by Crippen LogP contribution is -2.49. The van der Waals surface area contributed by atoms with Crippen molar-refractivity contribution in [2.45, 2.75) is 11.9 Å². The lowest BCUT2D eigenvalue weighted by atomic mass is 10.3. The summed E-state index contributed by atoms with van der Waals surface area (Å²) < 4.78 is 0. The van der Waals surface area contributed by atoms with Gasteiger partial charge in [0, 0.05) is 38.6 Å². The van der Waals surface area contributed by atoms with Crippen molar-refractivity contribution in [2.24, 2.45) is 0 Å². The minimum Gasteiger partial charge on any atom is -0.352 e. The Balaban J connectivity index is 1.62. The topological polar surface area (TPSA) is 75.1 Å². The number of carbonyl (C=O) groups excluding carboxylic acids is 1. The summed E-state index contributed by atoms with van der Waals surface area (Å²) in [6, 6.07) is 0. The van der Waals surface area contributed by atoms with Crippen LogP contribution in [0, 0.1) is 0 Å². The molecule has 3 heterocycles. The predicted octanol–water partition coefficient (Wildman–Crippen LogP) is 1.34. The Labute approximate surface area is 139 Å². The maximum atomic E-state index is 12.4. The summed E-state index contributed by atoms with van der Waals surface area (Å²) in [7, 11) is 0. The van der Waals surface area contributed by atoms with Gasteiger partial charge in [-0.2, -0.15) is 0 Å². The summed E-state index contributed by atoms with van der Waals surface area (Å²) in [6.45, 7) is 4.85. The van der Waals surface area contributed by atoms with E-state index in [1.165, 1.54) is 12.4 Å². The van der Waals surface area contributed by atoms with Gasteiger partial charge in [-0.1, -0.05) is 6.92 Å². The molecule has 2 aromatic rings. The molecule has 0 unspecified atom stereocenters. The van der Waals surface area contributed by atoms with Crippen molar-refractivity contribution in [2.75, 3.05) is 36.8 Å². The van der Waals surface area contributed by atoms with Gasteiger partial charge in [-0.15, -0.1) is 11.8 Å². The Morgan fingerprint density at radius 1 is 1.13 bits per heavy atom. The molecule has 0 saturated carbocycles. The first-order valence-electron chi connectivity index (χ1n) is 7.53. The molecule has 23 heavy (non-hydrogen) atoms. The predicted molar refractivity (Wildman–Crippen MR) is 88.6 cm³/mol. The largest absolute Gasteiger partial charge is 0.352 e. The van der Waals surface area contributed by atoms with Gasteiger partial charge in [-0.05, 0) is 5.75 Å². The first-order chi connectivity index (χ1) is 11.3. The molecule has 0 spiro atoms. The number of anilines is 1. The smallest absolute Gasteiger partial charge is 0.274 e. The highest BCUT2D eigenvalue weighted by Crippen LogP contribution is 2.19. The molecule has 0 N–H and O–H groups in total. The van der Waals surface area contributed by atoms with Crippen LogP contribution < -0.4 is 4.90 Å². The van der Waals surface area contributed by atoms with Crippen LogP contribution in [0.3, 0.4) is 0 Å². The summed E-state index contributed by atoms with van der Waals surface area (Å²) in [5.74, 6) is 1.77. The first kappa shape index (κ1) is 15.7. The summed E-state index contributed by atoms with van der Waals surface area (Å²) in [5, 5.41) is 0.933. The molecule has 1 aliphatic rings. The van der Waals surface area contributed by atoms with Gasteiger partial charge in [0.1, 0.15) is 16.5 Å². The molecule has 1 aliphatic heterocycles. The molecule has 2 aromatic heterocycles. The Kier molecular flexibility index (Phi) is 5.02. The Morgan fingerprint density at radius 2 is 1.96 bits per heavy atom. The first-order valence-corrected chi connectivity index (χ1v) is 8.51. The second-order valence-electron chi connectivity index (χ2n) is 5.02. The number of thioether (sulfide) groups is 1. The maximum absolute atomic E-state index is 12.4. The minimum atomic E-state index is -0.0703. The molecule has 8 heteroatoms. The molecule has 1 amide bonds. The highest BCUT2D eigenvalue weighted by Gasteiger charge is 2.23. The summed E-state index contributed by atoms with van der Waals surface area (Å²) in [6.07, 6.45) is 8.17. The van der Waals surface area contributed by atoms with E-state index in [2.05, 4.69) is 31.8 Å². The second-order valence-corrected chi connectivity index (χ2v) is 6.30. The number of nitrogens with zero attached hydrogens (tertiary/aromatic N) is 6. The molecule has 7 nitrogen and oxygen atoms in total. The number of hydrogen-bond donors (Lipinski definition) is 0. The zero-order chi connectivity index (χ0) is 16.1. The van der Waals surface area contributed by atoms with Crippen molar-refractivity contribution >= 4 is 23.5 Å². The van der Waals surface area contributed by atoms with Crippen LogP contribution in [-0.4, -0.2) is 62.7 Å². The van der Waals surface area contributed by atoms with Gasteiger partial charge in [-0.3, -0.25) is 14.8 Å². The Hall–Kier alpha value is -2.22. The number of carbonyl (C=O) groups is 1. The van der Waals surface area contributed by atoms with E-state index in [0.29, 0.717) is 18.8 Å². The fourth-order valence-electron chi connectivity index (χ4n) is 2.42. The van der Waals surface area contributed by atoms with E-state index in [1.807, 2.05) is 0 Å². The van der Waals surface area contributed by atoms with Crippen molar-refractivity contribution in [3.8, 4) is 0 Å². The third-order valence-electron chi connectivity index (χ3n) is 3.57. The van der Waals surface area contributed by atoms with Gasteiger partial charge in [0.2, 0.25) is 0 Å². The van der Waals surface area contributed by atoms with Crippen LogP contribution in [0.4, 0.5) is 5.82 Å². The van der Waals surface area contributed by atoms with E-state index in [0.717, 1.165) is 29.7 Å². The van der Waals surface area contributed by atoms with Crippen LogP contribution in [0.2, 0.25) is 0 Å². The van der Waals surface area contributed by atoms with Crippen molar-refractivity contribution in [3.05, 3.63) is 36.7 Å². The van der Waals surface area contributed by atoms with Crippen molar-refractivity contribution in [1.82, 2.24) is 24.8 Å². The number of aromatic nitrogens is 4. The number of hydrogen-bond acceptors (Lipinski definition) is 7. The van der Waals surface area contributed by atoms with Gasteiger partial charge in [0.25, 0.3) is 5.91 Å². The summed E-state index contributed by atoms with van der Waals surface area (Å²) >= 11 is 1.68. The van der Waals surface area contributed by atoms with E-state index in [-0.39, 0.29) is 5.91 Å². The second kappa shape index (κ2) is 7.36. The summed E-state index contributed by atoms with van der Waals surface area (Å²) in [5.41, 5.74) is 0.391. The quantitative estimate of drug-likeness (QED) is 0.783. The number of amides is 1. The van der Waals surface area contributed by atoms with E-state index in [9.17, 15) is 4.79 Å². The summed E-state index contributed by atoms with van der Waals surface area (Å²) in [4.78, 5) is 33.2. The SMILES string of the molecule is CCSc1cncc(N2CCN(C(=O)c3cnccn3)CC2)n1. The standard InChI is InChI=1S/C15H18N6OS/c1-2-23-14-11-17-10-13(19-14)20-5-7-21(8-6-20)15(22)12-9-16-3-4-18-12/h3-4,9-11H,2,5-8H2,1H3. The van der Waals surface area contributed by atoms with Crippen LogP contribution in [0.1, 0.15) is 17.4 Å². The normalized spacial score (nSPS) is 14.8. The van der Waals surface area contributed by atoms with Gasteiger partial charge in [0.15, 0.2) is 0 Å². The molecule has 0 atom stereocenters. The maximum Gasteiger partial charge on any atom is 0.274 e. The van der Waals surface area contributed by atoms with E-state index in [1.54, 1.807) is 35.3 Å². The van der Waals surface area contributed by atoms with Crippen LogP contribution >= 0.6 is 11.8 Å². The van der Waals surface area contributed by atoms with E-state index >= 15 is 0 Å². The molecule has 0 radical (unpaired) electrons. The van der Waals surface area contributed by atoms with Crippen LogP contribution in [-0.2, 0) is 0 Å². The van der Waals surface area contributed by atoms with Crippen LogP contribution in [0.25, 0.3) is 0 Å². The molecule has 0 aromatic carbocycles. The average molecular weight is 330 g/mol. The number of piperazine rings is 1. The molecule has 3 rings (SSSR count). The zero-order valence-electron chi connectivity index (χ0n) is 12.9. The van der Waals surface area contributed by atoms with E-state index in [4.69, 9.17) is 0 Å². The molecule has 0 aliphatic carbocycles. The average Bonchev–Trinajstić information content (AvgIpc) is 2.62. The molecule has 1 saturated heterocycles. The van der Waals surface area contributed by atoms with Crippen LogP contribution in [0.15, 0.2) is 36.0 Å². The van der Waals surface area contributed by atoms with Crippen molar-refractivity contribution < 1.29 is 4.79 Å². The Bertz CT molecular complexity index is 660. The van der Waals surface area contributed by atoms with Crippen LogP contribution in [0.5, 0.6) is 0 Å². The monoisotopic (exact) mass is 330 g/mol. The molecular weight excluding hydrogens is 312 g/mol. The lowest BCUT2D eigenvalue weighted by Gasteiger charge is -2.35. The van der Waals surface area contributed by atoms with Crippen molar-refractivity contribution in [1.29, 1.82) is 0 Å². The molecule has 120 valence electrons. The molecule has 0 bridgehead atoms. The zero-order valence-corrected chi connectivity index (χ0v) is 13.7. The Morgan fingerprint density at radius 3 is 2.65 bits per heavy atom. The lowest BCUT2D eigenvalue weighted by molar-refractivity contribution is 0.0740. The highest BCUT2D eigenvalue weighted by molar-refractivity contribution is 7.99. The highest BCUT2D eigenvalue weighted by atomic mass is 32.2. The minimum absolute atomic E-state index is 0.0703. The third-order valence-corrected chi connectivity index (χ3v) is 4.35. The number of rotatable bonds is 4. The third kappa shape index (κ3) is 3.76. The van der Waals surface area contributed by atoms with Crippen molar-refractivity contribution in [3.63, 3.8) is 0 Å². The fourth-order valence-corrected chi connectivity index (χ4v) is 3.01. The fraction of sp³-hybridized carbons (Fsp3) is 0.400. The molecular formula is C15H18N6OS. The van der Waals surface area contributed by atoms with Gasteiger partial charge >= 0.3 is 0 Å². The molecule has 1 fully saturated rings.